The first-order valence-corrected chi connectivity index (χ1v) is 7.19. The molecule has 19 heavy (non-hydrogen) atoms. The molecule has 0 amide bonds. The quantitative estimate of drug-likeness (QED) is 0.851. The summed E-state index contributed by atoms with van der Waals surface area (Å²) in [6.45, 7) is 6.05. The van der Waals surface area contributed by atoms with Crippen molar-refractivity contribution in [1.29, 1.82) is 0 Å². The Morgan fingerprint density at radius 3 is 2.68 bits per heavy atom. The molecule has 2 atom stereocenters. The zero-order valence-electron chi connectivity index (χ0n) is 12.4. The molecule has 2 unspecified atom stereocenters. The van der Waals surface area contributed by atoms with E-state index in [1.807, 2.05) is 0 Å². The van der Waals surface area contributed by atoms with E-state index in [4.69, 9.17) is 4.74 Å². The number of hydrogen-bond acceptors (Lipinski definition) is 3. The molecule has 0 aliphatic carbocycles. The number of nitrogens with one attached hydrogen (secondary N) is 1. The Morgan fingerprint density at radius 1 is 1.32 bits per heavy atom. The van der Waals surface area contributed by atoms with E-state index < -0.39 is 0 Å². The Hall–Kier alpha value is -0.900. The lowest BCUT2D eigenvalue weighted by molar-refractivity contribution is 0.178. The molecular weight excluding hydrogens is 236 g/mol. The van der Waals surface area contributed by atoms with Crippen molar-refractivity contribution in [3.05, 3.63) is 35.4 Å². The predicted octanol–water partition coefficient (Wildman–Crippen LogP) is 2.26. The third kappa shape index (κ3) is 4.30. The SMILES string of the molecule is CC(NCc1ccccc1CN(C)C)C1CCOC1. The molecule has 0 saturated carbocycles. The molecule has 0 bridgehead atoms. The van der Waals surface area contributed by atoms with Gasteiger partial charge in [-0.15, -0.1) is 0 Å². The topological polar surface area (TPSA) is 24.5 Å². The highest BCUT2D eigenvalue weighted by Crippen LogP contribution is 2.17. The van der Waals surface area contributed by atoms with Crippen molar-refractivity contribution in [3.8, 4) is 0 Å². The molecule has 1 N–H and O–H groups in total. The second-order valence-corrected chi connectivity index (χ2v) is 5.80. The summed E-state index contributed by atoms with van der Waals surface area (Å²) in [6, 6.07) is 9.22. The van der Waals surface area contributed by atoms with Gasteiger partial charge in [-0.1, -0.05) is 24.3 Å². The summed E-state index contributed by atoms with van der Waals surface area (Å²) >= 11 is 0. The largest absolute Gasteiger partial charge is 0.381 e. The summed E-state index contributed by atoms with van der Waals surface area (Å²) in [5.74, 6) is 0.668. The predicted molar refractivity (Wildman–Crippen MR) is 79.1 cm³/mol. The fraction of sp³-hybridized carbons (Fsp3) is 0.625. The zero-order chi connectivity index (χ0) is 13.7. The van der Waals surface area contributed by atoms with Gasteiger partial charge in [0.05, 0.1) is 6.61 Å². The van der Waals surface area contributed by atoms with Crippen LogP contribution < -0.4 is 5.32 Å². The van der Waals surface area contributed by atoms with Crippen molar-refractivity contribution >= 4 is 0 Å². The van der Waals surface area contributed by atoms with Gasteiger partial charge in [0, 0.05) is 25.7 Å². The lowest BCUT2D eigenvalue weighted by atomic mass is 10.00. The van der Waals surface area contributed by atoms with Gasteiger partial charge in [0.25, 0.3) is 0 Å². The molecule has 106 valence electrons. The van der Waals surface area contributed by atoms with Crippen LogP contribution in [-0.2, 0) is 17.8 Å². The van der Waals surface area contributed by atoms with Crippen LogP contribution in [0.4, 0.5) is 0 Å². The van der Waals surface area contributed by atoms with E-state index in [9.17, 15) is 0 Å². The molecule has 3 heteroatoms. The van der Waals surface area contributed by atoms with Crippen LogP contribution in [-0.4, -0.2) is 38.3 Å². The Kier molecular flexibility index (Phi) is 5.37. The summed E-state index contributed by atoms with van der Waals surface area (Å²) in [7, 11) is 4.23. The Bertz CT molecular complexity index is 386. The van der Waals surface area contributed by atoms with E-state index in [2.05, 4.69) is 55.5 Å². The highest BCUT2D eigenvalue weighted by Gasteiger charge is 2.21. The molecule has 3 nitrogen and oxygen atoms in total. The standard InChI is InChI=1S/C16H26N2O/c1-13(16-8-9-19-12-16)17-10-14-6-4-5-7-15(14)11-18(2)3/h4-7,13,16-17H,8-12H2,1-3H3. The molecule has 2 rings (SSSR count). The normalized spacial score (nSPS) is 20.9. The van der Waals surface area contributed by atoms with Gasteiger partial charge in [0.2, 0.25) is 0 Å². The molecule has 1 aliphatic rings. The minimum absolute atomic E-state index is 0.523. The maximum Gasteiger partial charge on any atom is 0.0509 e. The Labute approximate surface area is 116 Å². The summed E-state index contributed by atoms with van der Waals surface area (Å²) < 4.78 is 5.46. The molecule has 1 saturated heterocycles. The number of benzene rings is 1. The first-order chi connectivity index (χ1) is 9.16. The molecule has 0 aromatic heterocycles. The smallest absolute Gasteiger partial charge is 0.0509 e. The third-order valence-corrected chi connectivity index (χ3v) is 3.89. The molecular formula is C16H26N2O. The van der Waals surface area contributed by atoms with Crippen LogP contribution in [0.5, 0.6) is 0 Å². The maximum absolute atomic E-state index is 5.46. The number of rotatable bonds is 6. The fourth-order valence-electron chi connectivity index (χ4n) is 2.61. The Balaban J connectivity index is 1.91. The summed E-state index contributed by atoms with van der Waals surface area (Å²) in [6.07, 6.45) is 1.19. The molecule has 0 radical (unpaired) electrons. The van der Waals surface area contributed by atoms with Gasteiger partial charge in [-0.05, 0) is 44.5 Å². The number of hydrogen-bond donors (Lipinski definition) is 1. The van der Waals surface area contributed by atoms with Crippen LogP contribution in [0.2, 0.25) is 0 Å². The molecule has 1 aromatic rings. The highest BCUT2D eigenvalue weighted by molar-refractivity contribution is 5.27. The van der Waals surface area contributed by atoms with E-state index in [-0.39, 0.29) is 0 Å². The summed E-state index contributed by atoms with van der Waals surface area (Å²) in [4.78, 5) is 2.22. The molecule has 1 heterocycles. The fourth-order valence-corrected chi connectivity index (χ4v) is 2.61. The number of ether oxygens (including phenoxy) is 1. The van der Waals surface area contributed by atoms with Gasteiger partial charge in [0.15, 0.2) is 0 Å². The van der Waals surface area contributed by atoms with Crippen LogP contribution in [0.1, 0.15) is 24.5 Å². The van der Waals surface area contributed by atoms with E-state index >= 15 is 0 Å². The van der Waals surface area contributed by atoms with Gasteiger partial charge >= 0.3 is 0 Å². The minimum Gasteiger partial charge on any atom is -0.381 e. The van der Waals surface area contributed by atoms with Crippen LogP contribution in [0.3, 0.4) is 0 Å². The van der Waals surface area contributed by atoms with Gasteiger partial charge < -0.3 is 15.0 Å². The average molecular weight is 262 g/mol. The van der Waals surface area contributed by atoms with Crippen molar-refractivity contribution in [2.24, 2.45) is 5.92 Å². The zero-order valence-corrected chi connectivity index (χ0v) is 12.4. The maximum atomic E-state index is 5.46. The first-order valence-electron chi connectivity index (χ1n) is 7.19. The van der Waals surface area contributed by atoms with E-state index in [0.29, 0.717) is 12.0 Å². The third-order valence-electron chi connectivity index (χ3n) is 3.89. The molecule has 1 aromatic carbocycles. The minimum atomic E-state index is 0.523. The number of nitrogens with zero attached hydrogens (tertiary/aromatic N) is 1. The van der Waals surface area contributed by atoms with E-state index in [1.165, 1.54) is 17.5 Å². The van der Waals surface area contributed by atoms with Crippen molar-refractivity contribution in [1.82, 2.24) is 10.2 Å². The first kappa shape index (κ1) is 14.5. The Morgan fingerprint density at radius 2 is 2.05 bits per heavy atom. The van der Waals surface area contributed by atoms with Crippen LogP contribution >= 0.6 is 0 Å². The molecule has 1 fully saturated rings. The lowest BCUT2D eigenvalue weighted by Gasteiger charge is -2.21. The molecule has 1 aliphatic heterocycles. The second-order valence-electron chi connectivity index (χ2n) is 5.80. The van der Waals surface area contributed by atoms with Crippen molar-refractivity contribution < 1.29 is 4.74 Å². The molecule has 0 spiro atoms. The summed E-state index contributed by atoms with van der Waals surface area (Å²) in [5, 5.41) is 3.66. The van der Waals surface area contributed by atoms with E-state index in [1.54, 1.807) is 0 Å². The van der Waals surface area contributed by atoms with Gasteiger partial charge in [-0.3, -0.25) is 0 Å². The van der Waals surface area contributed by atoms with Crippen molar-refractivity contribution in [3.63, 3.8) is 0 Å². The van der Waals surface area contributed by atoms with Gasteiger partial charge in [-0.2, -0.15) is 0 Å². The summed E-state index contributed by atoms with van der Waals surface area (Å²) in [5.41, 5.74) is 2.82. The van der Waals surface area contributed by atoms with Crippen LogP contribution in [0, 0.1) is 5.92 Å². The van der Waals surface area contributed by atoms with Gasteiger partial charge in [-0.25, -0.2) is 0 Å². The van der Waals surface area contributed by atoms with Gasteiger partial charge in [0.1, 0.15) is 0 Å². The van der Waals surface area contributed by atoms with Crippen LogP contribution in [0.25, 0.3) is 0 Å². The monoisotopic (exact) mass is 262 g/mol. The van der Waals surface area contributed by atoms with Crippen LogP contribution in [0.15, 0.2) is 24.3 Å². The van der Waals surface area contributed by atoms with Crippen molar-refractivity contribution in [2.75, 3.05) is 27.3 Å². The van der Waals surface area contributed by atoms with Crippen molar-refractivity contribution in [2.45, 2.75) is 32.5 Å². The van der Waals surface area contributed by atoms with E-state index in [0.717, 1.165) is 26.3 Å². The average Bonchev–Trinajstić information content (AvgIpc) is 2.90. The lowest BCUT2D eigenvalue weighted by Crippen LogP contribution is -2.33. The second kappa shape index (κ2) is 7.04. The highest BCUT2D eigenvalue weighted by atomic mass is 16.5.